The molecule has 3 heterocycles. The third-order valence-corrected chi connectivity index (χ3v) is 7.28. The van der Waals surface area contributed by atoms with Crippen LogP contribution in [0.1, 0.15) is 35.2 Å². The Hall–Kier alpha value is -5.38. The van der Waals surface area contributed by atoms with E-state index in [9.17, 15) is 28.0 Å². The van der Waals surface area contributed by atoms with E-state index in [1.807, 2.05) is 17.0 Å². The Labute approximate surface area is 243 Å². The lowest BCUT2D eigenvalue weighted by Crippen LogP contribution is -2.38. The van der Waals surface area contributed by atoms with Crippen LogP contribution in [0.3, 0.4) is 0 Å². The number of carbonyl (C=O) groups excluding carboxylic acids is 1. The minimum absolute atomic E-state index is 0.0145. The van der Waals surface area contributed by atoms with E-state index in [2.05, 4.69) is 16.3 Å². The smallest absolute Gasteiger partial charge is 0.416 e. The van der Waals surface area contributed by atoms with Gasteiger partial charge in [0.2, 0.25) is 5.95 Å². The molecule has 5 rings (SSSR count). The molecule has 4 aromatic rings. The molecule has 0 fully saturated rings. The lowest BCUT2D eigenvalue weighted by Gasteiger charge is -2.36. The number of fused-ring (bicyclic) bond motifs is 1. The summed E-state index contributed by atoms with van der Waals surface area (Å²) < 4.78 is 54.3. The molecule has 0 aliphatic carbocycles. The molecule has 1 N–H and O–H groups in total. The number of aryl methyl sites for hydroxylation is 2. The number of ether oxygens (including phenoxy) is 2. The first-order chi connectivity index (χ1) is 20.6. The number of benzene rings is 2. The summed E-state index contributed by atoms with van der Waals surface area (Å²) in [5.41, 5.74) is 0.277. The van der Waals surface area contributed by atoms with Crippen molar-refractivity contribution in [1.29, 1.82) is 5.26 Å². The Balaban J connectivity index is 1.68. The lowest BCUT2D eigenvalue weighted by molar-refractivity contribution is -0.696. The van der Waals surface area contributed by atoms with E-state index in [0.29, 0.717) is 35.4 Å². The second-order valence-corrected chi connectivity index (χ2v) is 9.73. The van der Waals surface area contributed by atoms with Crippen LogP contribution in [0.5, 0.6) is 5.75 Å². The Morgan fingerprint density at radius 2 is 1.88 bits per heavy atom. The zero-order valence-electron chi connectivity index (χ0n) is 23.3. The molecule has 0 spiro atoms. The predicted octanol–water partition coefficient (Wildman–Crippen LogP) is 4.19. The highest BCUT2D eigenvalue weighted by molar-refractivity contribution is 5.93. The molecular formula is C30H26F3N6O4+. The Bertz CT molecular complexity index is 1820. The van der Waals surface area contributed by atoms with Gasteiger partial charge in [-0.2, -0.15) is 18.4 Å². The molecule has 1 aliphatic rings. The van der Waals surface area contributed by atoms with Gasteiger partial charge in [0.25, 0.3) is 0 Å². The molecule has 2 aromatic carbocycles. The summed E-state index contributed by atoms with van der Waals surface area (Å²) in [6.07, 6.45) is -0.543. The van der Waals surface area contributed by atoms with Gasteiger partial charge in [0.05, 0.1) is 37.0 Å². The normalized spacial score (nSPS) is 14.7. The van der Waals surface area contributed by atoms with Gasteiger partial charge in [-0.25, -0.2) is 23.8 Å². The van der Waals surface area contributed by atoms with Gasteiger partial charge in [-0.3, -0.25) is 4.90 Å². The van der Waals surface area contributed by atoms with Crippen molar-refractivity contribution < 1.29 is 32.0 Å². The molecule has 0 saturated carbocycles. The standard InChI is InChI=1S/C30H25F3N6O4/c1-18-25(27(40)43-3)26(24-8-7-19(17-34)15-20(24)9-12-37-13-10-23(42-2)11-14-37)39-28(35-36-29(39)41)38(18)22-6-4-5-21(16-22)30(31,32)33/h4-8,10-11,13-16,26H,9,12H2,1-3H3/p+1. The van der Waals surface area contributed by atoms with Crippen LogP contribution >= 0.6 is 0 Å². The van der Waals surface area contributed by atoms with Crippen LogP contribution in [0, 0.1) is 11.3 Å². The number of nitrogens with one attached hydrogen (secondary N) is 1. The molecule has 220 valence electrons. The number of H-pyrrole nitrogens is 1. The van der Waals surface area contributed by atoms with E-state index in [1.165, 1.54) is 28.7 Å². The first-order valence-electron chi connectivity index (χ1n) is 13.1. The largest absolute Gasteiger partial charge is 0.496 e. The number of hydrogen-bond donors (Lipinski definition) is 1. The minimum Gasteiger partial charge on any atom is -0.496 e. The van der Waals surface area contributed by atoms with E-state index in [-0.39, 0.29) is 22.9 Å². The fourth-order valence-electron chi connectivity index (χ4n) is 5.22. The zero-order valence-corrected chi connectivity index (χ0v) is 23.3. The summed E-state index contributed by atoms with van der Waals surface area (Å²) in [5, 5.41) is 16.1. The van der Waals surface area contributed by atoms with E-state index >= 15 is 0 Å². The van der Waals surface area contributed by atoms with Crippen molar-refractivity contribution in [3.63, 3.8) is 0 Å². The van der Waals surface area contributed by atoms with E-state index < -0.39 is 29.4 Å². The van der Waals surface area contributed by atoms with Gasteiger partial charge in [-0.05, 0) is 48.4 Å². The molecule has 0 saturated heterocycles. The first kappa shape index (κ1) is 29.1. The molecule has 2 aromatic heterocycles. The SMILES string of the molecule is COC(=O)C1=C(C)N(c2cccc(C(F)(F)F)c2)c2n[nH]c(=O)n2C1c1ccc(C#N)cc1CC[n+]1ccc(OC)cc1. The Kier molecular flexibility index (Phi) is 7.78. The van der Waals surface area contributed by atoms with E-state index in [4.69, 9.17) is 9.47 Å². The second-order valence-electron chi connectivity index (χ2n) is 9.73. The van der Waals surface area contributed by atoms with Crippen molar-refractivity contribution in [1.82, 2.24) is 14.8 Å². The Morgan fingerprint density at radius 3 is 2.53 bits per heavy atom. The number of pyridine rings is 1. The maximum absolute atomic E-state index is 13.6. The van der Waals surface area contributed by atoms with Gasteiger partial charge in [0.15, 0.2) is 18.9 Å². The fourth-order valence-corrected chi connectivity index (χ4v) is 5.22. The second kappa shape index (κ2) is 11.5. The van der Waals surface area contributed by atoms with Gasteiger partial charge in [0.1, 0.15) is 11.8 Å². The summed E-state index contributed by atoms with van der Waals surface area (Å²) in [5.74, 6) is -0.108. The number of alkyl halides is 3. The van der Waals surface area contributed by atoms with Gasteiger partial charge in [0, 0.05) is 29.9 Å². The summed E-state index contributed by atoms with van der Waals surface area (Å²) in [6.45, 7) is 2.04. The molecule has 43 heavy (non-hydrogen) atoms. The summed E-state index contributed by atoms with van der Waals surface area (Å²) >= 11 is 0. The maximum atomic E-state index is 13.6. The molecule has 0 amide bonds. The van der Waals surface area contributed by atoms with Gasteiger partial charge in [-0.15, -0.1) is 5.10 Å². The third-order valence-electron chi connectivity index (χ3n) is 7.28. The molecule has 13 heteroatoms. The van der Waals surface area contributed by atoms with Crippen molar-refractivity contribution in [3.05, 3.63) is 111 Å². The quantitative estimate of drug-likeness (QED) is 0.253. The maximum Gasteiger partial charge on any atom is 0.416 e. The molecule has 0 radical (unpaired) electrons. The number of nitriles is 1. The number of aromatic nitrogens is 4. The highest BCUT2D eigenvalue weighted by atomic mass is 19.4. The highest BCUT2D eigenvalue weighted by Gasteiger charge is 2.41. The number of allylic oxidation sites excluding steroid dienone is 1. The number of hydrogen-bond acceptors (Lipinski definition) is 7. The molecule has 0 bridgehead atoms. The van der Waals surface area contributed by atoms with Crippen LogP contribution in [0.25, 0.3) is 0 Å². The number of nitrogens with zero attached hydrogens (tertiary/aromatic N) is 5. The van der Waals surface area contributed by atoms with Gasteiger partial charge in [-0.1, -0.05) is 12.1 Å². The Morgan fingerprint density at radius 1 is 1.14 bits per heavy atom. The zero-order chi connectivity index (χ0) is 30.9. The fraction of sp³-hybridized carbons (Fsp3) is 0.233. The summed E-state index contributed by atoms with van der Waals surface area (Å²) in [4.78, 5) is 28.0. The lowest BCUT2D eigenvalue weighted by atomic mass is 9.89. The number of aromatic amines is 1. The predicted molar refractivity (Wildman–Crippen MR) is 147 cm³/mol. The average Bonchev–Trinajstić information content (AvgIpc) is 3.39. The van der Waals surface area contributed by atoms with Gasteiger partial charge >= 0.3 is 17.8 Å². The molecular weight excluding hydrogens is 565 g/mol. The molecule has 10 nitrogen and oxygen atoms in total. The molecule has 1 aliphatic heterocycles. The number of esters is 1. The highest BCUT2D eigenvalue weighted by Crippen LogP contribution is 2.43. The van der Waals surface area contributed by atoms with Crippen molar-refractivity contribution in [2.75, 3.05) is 19.1 Å². The molecule has 1 unspecified atom stereocenters. The number of halogens is 3. The first-order valence-corrected chi connectivity index (χ1v) is 13.1. The van der Waals surface area contributed by atoms with E-state index in [1.54, 1.807) is 44.4 Å². The monoisotopic (exact) mass is 591 g/mol. The van der Waals surface area contributed by atoms with Crippen LogP contribution in [0.4, 0.5) is 24.8 Å². The average molecular weight is 592 g/mol. The van der Waals surface area contributed by atoms with Crippen molar-refractivity contribution in [2.24, 2.45) is 0 Å². The van der Waals surface area contributed by atoms with Crippen LogP contribution in [0.15, 0.2) is 83.1 Å². The minimum atomic E-state index is -4.62. The summed E-state index contributed by atoms with van der Waals surface area (Å²) in [6, 6.07) is 14.1. The van der Waals surface area contributed by atoms with Crippen molar-refractivity contribution in [3.8, 4) is 11.8 Å². The van der Waals surface area contributed by atoms with Crippen LogP contribution in [0.2, 0.25) is 0 Å². The summed E-state index contributed by atoms with van der Waals surface area (Å²) in [7, 11) is 2.75. The number of anilines is 2. The third kappa shape index (κ3) is 5.46. The number of carbonyl (C=O) groups is 1. The topological polar surface area (TPSA) is 117 Å². The van der Waals surface area contributed by atoms with Gasteiger partial charge < -0.3 is 9.47 Å². The van der Waals surface area contributed by atoms with Crippen molar-refractivity contribution in [2.45, 2.75) is 32.1 Å². The van der Waals surface area contributed by atoms with E-state index in [0.717, 1.165) is 12.1 Å². The number of rotatable bonds is 7. The molecule has 1 atom stereocenters. The number of methoxy groups -OCH3 is 2. The van der Waals surface area contributed by atoms with Crippen LogP contribution in [-0.2, 0) is 28.7 Å². The van der Waals surface area contributed by atoms with Crippen LogP contribution < -0.4 is 19.9 Å². The van der Waals surface area contributed by atoms with Crippen molar-refractivity contribution >= 4 is 17.6 Å². The van der Waals surface area contributed by atoms with Crippen LogP contribution in [-0.4, -0.2) is 35.0 Å².